The molecule has 0 atom stereocenters. The molecule has 0 N–H and O–H groups in total. The number of aromatic nitrogens is 1. The van der Waals surface area contributed by atoms with Gasteiger partial charge < -0.3 is 4.57 Å². The second-order valence-electron chi connectivity index (χ2n) is 6.39. The lowest BCUT2D eigenvalue weighted by Crippen LogP contribution is -1.97. The monoisotopic (exact) mass is 241 g/mol. The molecule has 1 heterocycles. The van der Waals surface area contributed by atoms with E-state index in [2.05, 4.69) is 51.5 Å². The molecule has 18 heavy (non-hydrogen) atoms. The number of hydrogen-bond donors (Lipinski definition) is 0. The number of allylic oxidation sites excluding steroid dienone is 2. The average molecular weight is 241 g/mol. The third-order valence-corrected chi connectivity index (χ3v) is 4.59. The summed E-state index contributed by atoms with van der Waals surface area (Å²) in [5.74, 6) is 1.35. The van der Waals surface area contributed by atoms with Gasteiger partial charge in [0.1, 0.15) is 0 Å². The number of nitrogens with zero attached hydrogens (tertiary/aromatic N) is 1. The van der Waals surface area contributed by atoms with E-state index in [-0.39, 0.29) is 0 Å². The van der Waals surface area contributed by atoms with E-state index in [1.165, 1.54) is 24.2 Å². The van der Waals surface area contributed by atoms with Crippen molar-refractivity contribution in [3.8, 4) is 0 Å². The van der Waals surface area contributed by atoms with Crippen LogP contribution in [0.4, 0.5) is 0 Å². The first kappa shape index (κ1) is 11.8. The van der Waals surface area contributed by atoms with Crippen molar-refractivity contribution in [1.29, 1.82) is 0 Å². The molecule has 1 heteroatoms. The van der Waals surface area contributed by atoms with Crippen molar-refractivity contribution < 1.29 is 0 Å². The molecule has 2 aliphatic carbocycles. The van der Waals surface area contributed by atoms with Crippen molar-refractivity contribution in [2.24, 2.45) is 18.9 Å². The molecule has 0 radical (unpaired) electrons. The van der Waals surface area contributed by atoms with Crippen LogP contribution in [-0.4, -0.2) is 4.57 Å². The molecule has 96 valence electrons. The lowest BCUT2D eigenvalue weighted by Gasteiger charge is -2.08. The van der Waals surface area contributed by atoms with Gasteiger partial charge in [-0.1, -0.05) is 38.8 Å². The van der Waals surface area contributed by atoms with Crippen LogP contribution in [0.25, 0.3) is 12.2 Å². The first-order valence-electron chi connectivity index (χ1n) is 7.10. The minimum atomic E-state index is 0.673. The fourth-order valence-corrected chi connectivity index (χ4v) is 3.21. The minimum absolute atomic E-state index is 0.673. The van der Waals surface area contributed by atoms with E-state index in [4.69, 9.17) is 0 Å². The van der Waals surface area contributed by atoms with Gasteiger partial charge in [0, 0.05) is 18.4 Å². The standard InChI is InChI=1S/C17H23N/c1-10(2)12-6-14-15-7-13(11(3)4)9-17(15)18(5)16(14)8-12/h8-11H,6-7H2,1-5H3. The van der Waals surface area contributed by atoms with Crippen molar-refractivity contribution in [1.82, 2.24) is 4.57 Å². The highest BCUT2D eigenvalue weighted by molar-refractivity contribution is 5.73. The molecular weight excluding hydrogens is 218 g/mol. The molecule has 1 aromatic heterocycles. The van der Waals surface area contributed by atoms with Gasteiger partial charge in [-0.25, -0.2) is 0 Å². The topological polar surface area (TPSA) is 4.93 Å². The van der Waals surface area contributed by atoms with Crippen LogP contribution in [0.2, 0.25) is 0 Å². The summed E-state index contributed by atoms with van der Waals surface area (Å²) in [6.07, 6.45) is 7.19. The molecular formula is C17H23N. The van der Waals surface area contributed by atoms with Crippen molar-refractivity contribution in [3.63, 3.8) is 0 Å². The van der Waals surface area contributed by atoms with E-state index in [1.54, 1.807) is 22.3 Å². The van der Waals surface area contributed by atoms with E-state index in [1.807, 2.05) is 0 Å². The summed E-state index contributed by atoms with van der Waals surface area (Å²) in [4.78, 5) is 0. The lowest BCUT2D eigenvalue weighted by atomic mass is 9.97. The maximum Gasteiger partial charge on any atom is 0.0447 e. The van der Waals surface area contributed by atoms with Gasteiger partial charge in [0.2, 0.25) is 0 Å². The van der Waals surface area contributed by atoms with Crippen LogP contribution >= 0.6 is 0 Å². The van der Waals surface area contributed by atoms with E-state index >= 15 is 0 Å². The molecule has 0 aromatic carbocycles. The van der Waals surface area contributed by atoms with Gasteiger partial charge in [-0.2, -0.15) is 0 Å². The van der Waals surface area contributed by atoms with Crippen LogP contribution in [0.15, 0.2) is 11.1 Å². The molecule has 3 rings (SSSR count). The van der Waals surface area contributed by atoms with Gasteiger partial charge in [0.15, 0.2) is 0 Å². The Bertz CT molecular complexity index is 515. The highest BCUT2D eigenvalue weighted by atomic mass is 15.0. The minimum Gasteiger partial charge on any atom is -0.344 e. The molecule has 0 saturated heterocycles. The first-order valence-corrected chi connectivity index (χ1v) is 7.10. The van der Waals surface area contributed by atoms with Crippen LogP contribution in [0, 0.1) is 11.8 Å². The molecule has 0 saturated carbocycles. The molecule has 0 amide bonds. The second-order valence-corrected chi connectivity index (χ2v) is 6.39. The van der Waals surface area contributed by atoms with Gasteiger partial charge in [0.05, 0.1) is 0 Å². The Morgan fingerprint density at radius 1 is 0.833 bits per heavy atom. The third-order valence-electron chi connectivity index (χ3n) is 4.59. The fourth-order valence-electron chi connectivity index (χ4n) is 3.21. The summed E-state index contributed by atoms with van der Waals surface area (Å²) in [6, 6.07) is 0. The molecule has 0 unspecified atom stereocenters. The Labute approximate surface area is 110 Å². The van der Waals surface area contributed by atoms with Crippen LogP contribution < -0.4 is 0 Å². The zero-order valence-electron chi connectivity index (χ0n) is 12.2. The van der Waals surface area contributed by atoms with Gasteiger partial charge in [-0.3, -0.25) is 0 Å². The van der Waals surface area contributed by atoms with Crippen LogP contribution in [0.5, 0.6) is 0 Å². The Hall–Kier alpha value is -1.24. The second kappa shape index (κ2) is 3.88. The largest absolute Gasteiger partial charge is 0.344 e. The highest BCUT2D eigenvalue weighted by Gasteiger charge is 2.28. The van der Waals surface area contributed by atoms with E-state index in [0.717, 1.165) is 0 Å². The summed E-state index contributed by atoms with van der Waals surface area (Å²) in [5.41, 5.74) is 9.31. The Kier molecular flexibility index (Phi) is 2.55. The first-order chi connectivity index (χ1) is 8.49. The van der Waals surface area contributed by atoms with E-state index in [0.29, 0.717) is 11.8 Å². The average Bonchev–Trinajstić information content (AvgIpc) is 2.95. The smallest absolute Gasteiger partial charge is 0.0447 e. The summed E-state index contributed by atoms with van der Waals surface area (Å²) < 4.78 is 2.40. The van der Waals surface area contributed by atoms with Crippen molar-refractivity contribution in [2.75, 3.05) is 0 Å². The van der Waals surface area contributed by atoms with Crippen molar-refractivity contribution >= 4 is 12.2 Å². The van der Waals surface area contributed by atoms with Gasteiger partial charge in [0.25, 0.3) is 0 Å². The Morgan fingerprint density at radius 2 is 1.22 bits per heavy atom. The summed E-state index contributed by atoms with van der Waals surface area (Å²) in [5, 5.41) is 0. The van der Waals surface area contributed by atoms with Gasteiger partial charge in [-0.15, -0.1) is 0 Å². The summed E-state index contributed by atoms with van der Waals surface area (Å²) in [6.45, 7) is 9.21. The third kappa shape index (κ3) is 1.53. The van der Waals surface area contributed by atoms with E-state index in [9.17, 15) is 0 Å². The molecule has 0 spiro atoms. The summed E-state index contributed by atoms with van der Waals surface area (Å²) >= 11 is 0. The maximum atomic E-state index is 2.42. The van der Waals surface area contributed by atoms with Gasteiger partial charge >= 0.3 is 0 Å². The quantitative estimate of drug-likeness (QED) is 0.730. The molecule has 2 aliphatic rings. The number of rotatable bonds is 2. The zero-order chi connectivity index (χ0) is 13.0. The van der Waals surface area contributed by atoms with Crippen molar-refractivity contribution in [3.05, 3.63) is 33.7 Å². The zero-order valence-corrected chi connectivity index (χ0v) is 12.2. The van der Waals surface area contributed by atoms with Gasteiger partial charge in [-0.05, 0) is 48.0 Å². The molecule has 0 fully saturated rings. The Morgan fingerprint density at radius 3 is 1.56 bits per heavy atom. The predicted molar refractivity (Wildman–Crippen MR) is 78.5 cm³/mol. The van der Waals surface area contributed by atoms with E-state index < -0.39 is 0 Å². The normalized spacial score (nSPS) is 17.3. The molecule has 1 nitrogen and oxygen atoms in total. The highest BCUT2D eigenvalue weighted by Crippen LogP contribution is 2.40. The maximum absolute atomic E-state index is 2.42. The predicted octanol–water partition coefficient (Wildman–Crippen LogP) is 4.22. The molecule has 0 bridgehead atoms. The molecule has 0 aliphatic heterocycles. The van der Waals surface area contributed by atoms with Crippen LogP contribution in [-0.2, 0) is 19.9 Å². The lowest BCUT2D eigenvalue weighted by molar-refractivity contribution is 0.744. The Balaban J connectivity index is 2.04. The molecule has 1 aromatic rings. The SMILES string of the molecule is CC(C)C1=Cc2c(c3c(n2C)C=C(C(C)C)C3)C1. The summed E-state index contributed by atoms with van der Waals surface area (Å²) in [7, 11) is 2.22. The van der Waals surface area contributed by atoms with Crippen LogP contribution in [0.3, 0.4) is 0 Å². The van der Waals surface area contributed by atoms with Crippen LogP contribution in [0.1, 0.15) is 50.2 Å². The number of fused-ring (bicyclic) bond motifs is 3. The number of hydrogen-bond acceptors (Lipinski definition) is 0. The fraction of sp³-hybridized carbons (Fsp3) is 0.529. The van der Waals surface area contributed by atoms with Crippen molar-refractivity contribution in [2.45, 2.75) is 40.5 Å².